The monoisotopic (exact) mass is 470 g/mol. The van der Waals surface area contributed by atoms with Gasteiger partial charge >= 0.3 is 11.8 Å². The summed E-state index contributed by atoms with van der Waals surface area (Å²) in [6.07, 6.45) is -0.701. The number of nitro groups is 1. The molecule has 35 heavy (non-hydrogen) atoms. The number of aromatic nitrogens is 1. The summed E-state index contributed by atoms with van der Waals surface area (Å²) in [7, 11) is 1.56. The molecule has 3 aromatic carbocycles. The maximum Gasteiger partial charge on any atom is 0.419 e. The minimum atomic E-state index is -0.811. The van der Waals surface area contributed by atoms with Crippen LogP contribution in [0.3, 0.4) is 0 Å². The molecule has 7 heteroatoms. The Labute approximate surface area is 203 Å². The van der Waals surface area contributed by atoms with Crippen LogP contribution < -0.4 is 4.74 Å². The van der Waals surface area contributed by atoms with E-state index in [4.69, 9.17) is 9.47 Å². The standard InChI is InChI=1S/C28H26N2O5/c1-28(2,3)35-27(31)29-24(21-15-17-22(34-4)18-16-21)23(19-11-7-5-8-12-19)26(30(32)33)25(29)20-13-9-6-10-14-20/h5-18H,1-4H3. The molecule has 1 heterocycles. The normalized spacial score (nSPS) is 11.2. The lowest BCUT2D eigenvalue weighted by molar-refractivity contribution is -0.383. The summed E-state index contributed by atoms with van der Waals surface area (Å²) in [6, 6.07) is 25.0. The van der Waals surface area contributed by atoms with Crippen molar-refractivity contribution in [2.24, 2.45) is 0 Å². The Balaban J connectivity index is 2.18. The quantitative estimate of drug-likeness (QED) is 0.228. The van der Waals surface area contributed by atoms with Crippen molar-refractivity contribution in [3.8, 4) is 39.4 Å². The van der Waals surface area contributed by atoms with Crippen LogP contribution in [0, 0.1) is 10.1 Å². The van der Waals surface area contributed by atoms with E-state index in [9.17, 15) is 14.9 Å². The zero-order valence-electron chi connectivity index (χ0n) is 20.0. The molecule has 0 aliphatic heterocycles. The molecular formula is C28H26N2O5. The molecule has 4 aromatic rings. The van der Waals surface area contributed by atoms with Gasteiger partial charge in [0.15, 0.2) is 0 Å². The van der Waals surface area contributed by atoms with E-state index in [0.717, 1.165) is 0 Å². The molecule has 0 saturated carbocycles. The van der Waals surface area contributed by atoms with Crippen molar-refractivity contribution < 1.29 is 19.2 Å². The predicted octanol–water partition coefficient (Wildman–Crippen LogP) is 7.19. The van der Waals surface area contributed by atoms with Gasteiger partial charge in [-0.3, -0.25) is 10.1 Å². The molecule has 0 aliphatic carbocycles. The largest absolute Gasteiger partial charge is 0.497 e. The summed E-state index contributed by atoms with van der Waals surface area (Å²) >= 11 is 0. The van der Waals surface area contributed by atoms with Crippen molar-refractivity contribution in [2.45, 2.75) is 26.4 Å². The number of nitrogens with zero attached hydrogens (tertiary/aromatic N) is 2. The molecule has 0 radical (unpaired) electrons. The molecule has 0 fully saturated rings. The van der Waals surface area contributed by atoms with Crippen molar-refractivity contribution in [3.63, 3.8) is 0 Å². The van der Waals surface area contributed by atoms with Gasteiger partial charge in [-0.2, -0.15) is 0 Å². The number of methoxy groups -OCH3 is 1. The van der Waals surface area contributed by atoms with Gasteiger partial charge in [-0.15, -0.1) is 0 Å². The molecule has 0 N–H and O–H groups in total. The first-order valence-corrected chi connectivity index (χ1v) is 11.1. The number of rotatable bonds is 5. The first-order valence-electron chi connectivity index (χ1n) is 11.1. The lowest BCUT2D eigenvalue weighted by Crippen LogP contribution is -2.28. The molecule has 0 saturated heterocycles. The fourth-order valence-electron chi connectivity index (χ4n) is 3.99. The minimum absolute atomic E-state index is 0.162. The number of carbonyl (C=O) groups excluding carboxylic acids is 1. The second-order valence-electron chi connectivity index (χ2n) is 8.95. The van der Waals surface area contributed by atoms with Crippen LogP contribution >= 0.6 is 0 Å². The van der Waals surface area contributed by atoms with E-state index in [1.165, 1.54) is 4.57 Å². The van der Waals surface area contributed by atoms with Gasteiger partial charge in [-0.25, -0.2) is 9.36 Å². The van der Waals surface area contributed by atoms with Gasteiger partial charge in [-0.05, 0) is 56.2 Å². The molecule has 0 bridgehead atoms. The Morgan fingerprint density at radius 2 is 1.31 bits per heavy atom. The third kappa shape index (κ3) is 4.80. The smallest absolute Gasteiger partial charge is 0.419 e. The SMILES string of the molecule is COc1ccc(-c2c(-c3ccccc3)c([N+](=O)[O-])c(-c3ccccc3)n2C(=O)OC(C)(C)C)cc1. The topological polar surface area (TPSA) is 83.6 Å². The van der Waals surface area contributed by atoms with E-state index in [1.54, 1.807) is 88.5 Å². The van der Waals surface area contributed by atoms with Crippen LogP contribution in [0.5, 0.6) is 5.75 Å². The van der Waals surface area contributed by atoms with Gasteiger partial charge in [0, 0.05) is 5.56 Å². The van der Waals surface area contributed by atoms with Gasteiger partial charge in [0.1, 0.15) is 17.0 Å². The zero-order chi connectivity index (χ0) is 25.2. The molecule has 7 nitrogen and oxygen atoms in total. The van der Waals surface area contributed by atoms with Gasteiger partial charge in [0.05, 0.1) is 23.3 Å². The first kappa shape index (κ1) is 23.8. The van der Waals surface area contributed by atoms with E-state index in [1.807, 2.05) is 24.3 Å². The summed E-state index contributed by atoms with van der Waals surface area (Å²) in [5, 5.41) is 12.6. The van der Waals surface area contributed by atoms with Crippen LogP contribution in [0.1, 0.15) is 20.8 Å². The maximum atomic E-state index is 13.7. The second-order valence-corrected chi connectivity index (χ2v) is 8.95. The van der Waals surface area contributed by atoms with E-state index in [2.05, 4.69) is 0 Å². The molecule has 178 valence electrons. The van der Waals surface area contributed by atoms with Crippen LogP contribution in [-0.4, -0.2) is 28.3 Å². The van der Waals surface area contributed by atoms with Crippen LogP contribution in [-0.2, 0) is 4.74 Å². The molecule has 1 aromatic heterocycles. The predicted molar refractivity (Wildman–Crippen MR) is 136 cm³/mol. The fraction of sp³-hybridized carbons (Fsp3) is 0.179. The Hall–Kier alpha value is -4.39. The van der Waals surface area contributed by atoms with Crippen molar-refractivity contribution in [2.75, 3.05) is 7.11 Å². The number of hydrogen-bond acceptors (Lipinski definition) is 5. The second kappa shape index (κ2) is 9.46. The highest BCUT2D eigenvalue weighted by atomic mass is 16.6. The maximum absolute atomic E-state index is 13.7. The first-order chi connectivity index (χ1) is 16.7. The molecule has 0 atom stereocenters. The fourth-order valence-corrected chi connectivity index (χ4v) is 3.99. The number of hydrogen-bond donors (Lipinski definition) is 0. The third-order valence-electron chi connectivity index (χ3n) is 5.38. The lowest BCUT2D eigenvalue weighted by atomic mass is 9.99. The number of benzene rings is 3. The highest BCUT2D eigenvalue weighted by Gasteiger charge is 2.37. The van der Waals surface area contributed by atoms with E-state index < -0.39 is 16.6 Å². The molecule has 4 rings (SSSR count). The Kier molecular flexibility index (Phi) is 6.42. The lowest BCUT2D eigenvalue weighted by Gasteiger charge is -2.21. The van der Waals surface area contributed by atoms with E-state index in [-0.39, 0.29) is 11.4 Å². The van der Waals surface area contributed by atoms with Crippen molar-refractivity contribution in [1.29, 1.82) is 0 Å². The highest BCUT2D eigenvalue weighted by molar-refractivity contribution is 6.01. The summed E-state index contributed by atoms with van der Waals surface area (Å²) in [5.41, 5.74) is 1.65. The van der Waals surface area contributed by atoms with Gasteiger partial charge in [0.2, 0.25) is 0 Å². The average Bonchev–Trinajstić information content (AvgIpc) is 3.21. The molecule has 0 amide bonds. The number of carbonyl (C=O) groups is 1. The summed E-state index contributed by atoms with van der Waals surface area (Å²) in [6.45, 7) is 5.28. The number of ether oxygens (including phenoxy) is 2. The van der Waals surface area contributed by atoms with Crippen LogP contribution in [0.15, 0.2) is 84.9 Å². The highest BCUT2D eigenvalue weighted by Crippen LogP contribution is 2.48. The van der Waals surface area contributed by atoms with Crippen LogP contribution in [0.25, 0.3) is 33.6 Å². The van der Waals surface area contributed by atoms with Crippen molar-refractivity contribution in [3.05, 3.63) is 95.0 Å². The van der Waals surface area contributed by atoms with Crippen LogP contribution in [0.4, 0.5) is 10.5 Å². The molecule has 0 unspecified atom stereocenters. The van der Waals surface area contributed by atoms with E-state index >= 15 is 0 Å². The van der Waals surface area contributed by atoms with Gasteiger partial charge < -0.3 is 9.47 Å². The van der Waals surface area contributed by atoms with Crippen LogP contribution in [0.2, 0.25) is 0 Å². The van der Waals surface area contributed by atoms with Crippen molar-refractivity contribution in [1.82, 2.24) is 4.57 Å². The zero-order valence-corrected chi connectivity index (χ0v) is 20.0. The van der Waals surface area contributed by atoms with E-state index in [0.29, 0.717) is 33.7 Å². The average molecular weight is 471 g/mol. The summed E-state index contributed by atoms with van der Waals surface area (Å²) < 4.78 is 12.4. The molecular weight excluding hydrogens is 444 g/mol. The summed E-state index contributed by atoms with van der Waals surface area (Å²) in [4.78, 5) is 25.9. The Morgan fingerprint density at radius 3 is 1.80 bits per heavy atom. The minimum Gasteiger partial charge on any atom is -0.497 e. The molecule has 0 aliphatic rings. The molecule has 0 spiro atoms. The van der Waals surface area contributed by atoms with Gasteiger partial charge in [-0.1, -0.05) is 60.7 Å². The van der Waals surface area contributed by atoms with Gasteiger partial charge in [0.25, 0.3) is 0 Å². The Morgan fingerprint density at radius 1 is 0.800 bits per heavy atom. The Bertz CT molecular complexity index is 1350. The summed E-state index contributed by atoms with van der Waals surface area (Å²) in [5.74, 6) is 0.628. The third-order valence-corrected chi connectivity index (χ3v) is 5.38. The van der Waals surface area contributed by atoms with Crippen molar-refractivity contribution >= 4 is 11.8 Å².